The van der Waals surface area contributed by atoms with Gasteiger partial charge in [-0.15, -0.1) is 25.6 Å². The van der Waals surface area contributed by atoms with Gasteiger partial charge in [0.15, 0.2) is 0 Å². The van der Waals surface area contributed by atoms with Crippen LogP contribution in [0.25, 0.3) is 0 Å². The van der Waals surface area contributed by atoms with Crippen molar-refractivity contribution in [1.82, 2.24) is 0 Å². The molecule has 0 aliphatic heterocycles. The van der Waals surface area contributed by atoms with Crippen molar-refractivity contribution >= 4 is 81.7 Å². The van der Waals surface area contributed by atoms with E-state index in [1.807, 2.05) is 0 Å². The monoisotopic (exact) mass is 1450 g/mol. The first-order chi connectivity index (χ1) is 29.6. The second kappa shape index (κ2) is 33.2. The van der Waals surface area contributed by atoms with Crippen LogP contribution in [0.2, 0.25) is 0 Å². The van der Waals surface area contributed by atoms with Crippen LogP contribution in [0.15, 0.2) is 60.7 Å². The summed E-state index contributed by atoms with van der Waals surface area (Å²) in [6.07, 6.45) is -21.7. The van der Waals surface area contributed by atoms with Gasteiger partial charge < -0.3 is 18.1 Å². The first-order valence-electron chi connectivity index (χ1n) is 16.7. The zero-order valence-electron chi connectivity index (χ0n) is 36.2. The molecule has 450 valence electrons. The van der Waals surface area contributed by atoms with Crippen LogP contribution >= 0.6 is 24.0 Å². The molecule has 7 nitrogen and oxygen atoms in total. The van der Waals surface area contributed by atoms with Crippen LogP contribution in [0.4, 0.5) is 120 Å². The van der Waals surface area contributed by atoms with Gasteiger partial charge in [-0.05, 0) is 76.4 Å². The number of rotatable bonds is 4. The van der Waals surface area contributed by atoms with Gasteiger partial charge in [-0.25, -0.2) is 13.2 Å². The molecule has 3 unspecified atom stereocenters. The fraction of sp³-hybridized carbons (Fsp3) is 0.472. The Bertz CT molecular complexity index is 2060. The Morgan fingerprint density at radius 1 is 0.533 bits per heavy atom. The van der Waals surface area contributed by atoms with Gasteiger partial charge in [0.2, 0.25) is 11.3 Å². The normalized spacial score (nSPS) is 14.3. The average molecular weight is 1450 g/mol. The average Bonchev–Trinajstić information content (AvgIpc) is 3.06. The van der Waals surface area contributed by atoms with E-state index in [-0.39, 0.29) is 80.6 Å². The molecule has 3 aromatic carbocycles. The van der Waals surface area contributed by atoms with Crippen LogP contribution in [0.1, 0.15) is 77.8 Å². The number of aryl methyl sites for hydroxylation is 3. The Kier molecular flexibility index (Phi) is 41.7. The molecule has 0 fully saturated rings. The Morgan fingerprint density at radius 2 is 0.773 bits per heavy atom. The molecule has 39 heteroatoms. The molecule has 0 aromatic heterocycles. The van der Waals surface area contributed by atoms with Gasteiger partial charge in [0.05, 0.1) is 9.85 Å². The van der Waals surface area contributed by atoms with Crippen molar-refractivity contribution in [1.29, 1.82) is 0 Å². The molecule has 0 radical (unpaired) electrons. The Labute approximate surface area is 437 Å². The van der Waals surface area contributed by atoms with E-state index >= 15 is 0 Å². The molecule has 0 aliphatic rings. The van der Waals surface area contributed by atoms with Crippen molar-refractivity contribution in [2.24, 2.45) is 0 Å². The van der Waals surface area contributed by atoms with Crippen molar-refractivity contribution < 1.29 is 125 Å². The SMILES string of the molecule is C.C.C.CC(F)(Cl)C(F)(F)F.C[C+](F)C(F)(F)F.Cc1cc(C(C)(F)C(F)(F)F)ccc1N.Cc1cc(C(C)(F)C(F)(F)F)ccc1[N+](=O)[O-].Cc1ccccc1[N+](=O)[O-].Cl.F.[Cl-].[F][Sb]([F])([F])([F])[F].[F][Sb]([F])([F])([F])[F]. The van der Waals surface area contributed by atoms with Gasteiger partial charge in [-0.3, -0.25) is 24.9 Å². The first kappa shape index (κ1) is 94.2. The summed E-state index contributed by atoms with van der Waals surface area (Å²) in [5, 5.41) is 17.1. The number of hydrogen-bond donors (Lipinski definition) is 1. The van der Waals surface area contributed by atoms with E-state index in [0.29, 0.717) is 37.6 Å². The van der Waals surface area contributed by atoms with Crippen LogP contribution in [-0.4, -0.2) is 80.3 Å². The molecule has 0 bridgehead atoms. The Balaban J connectivity index is -0.0000000841. The number of alkyl halides is 16. The minimum absolute atomic E-state index is 0. The van der Waals surface area contributed by atoms with Crippen LogP contribution in [-0.2, 0) is 11.3 Å². The minimum atomic E-state index is -9.19. The molecule has 3 aromatic rings. The fourth-order valence-corrected chi connectivity index (χ4v) is 3.22. The Morgan fingerprint density at radius 3 is 0.960 bits per heavy atom. The van der Waals surface area contributed by atoms with Crippen LogP contribution < -0.4 is 18.1 Å². The third-order valence-electron chi connectivity index (χ3n) is 7.01. The summed E-state index contributed by atoms with van der Waals surface area (Å²) in [6, 6.07) is 12.6. The molecule has 3 atom stereocenters. The number of nitrogen functional groups attached to an aromatic ring is 1. The quantitative estimate of drug-likeness (QED) is 0.0532. The van der Waals surface area contributed by atoms with Crippen LogP contribution in [0.3, 0.4) is 0 Å². The van der Waals surface area contributed by atoms with Crippen LogP contribution in [0.5, 0.6) is 0 Å². The number of hydrogen-bond acceptors (Lipinski definition) is 5. The number of halogens is 30. The summed E-state index contributed by atoms with van der Waals surface area (Å²) in [4.78, 5) is 19.6. The number of nitro groups is 2. The Hall–Kier alpha value is -3.25. The molecule has 0 saturated heterocycles. The number of nitro benzene ring substituents is 2. The molecule has 0 saturated carbocycles. The maximum atomic E-state index is 13.5. The van der Waals surface area contributed by atoms with Crippen molar-refractivity contribution in [2.45, 2.75) is 112 Å². The van der Waals surface area contributed by atoms with Gasteiger partial charge in [-0.1, -0.05) is 64.2 Å². The van der Waals surface area contributed by atoms with E-state index < -0.39 is 104 Å². The van der Waals surface area contributed by atoms with Gasteiger partial charge in [0, 0.05) is 33.3 Å². The summed E-state index contributed by atoms with van der Waals surface area (Å²) >= 11 is -14.2. The predicted octanol–water partition coefficient (Wildman–Crippen LogP) is 16.3. The molecule has 2 N–H and O–H groups in total. The van der Waals surface area contributed by atoms with Crippen LogP contribution in [0, 0.1) is 47.2 Å². The topological polar surface area (TPSA) is 112 Å². The molecule has 75 heavy (non-hydrogen) atoms. The summed E-state index contributed by atoms with van der Waals surface area (Å²) in [7, 11) is 0. The van der Waals surface area contributed by atoms with Gasteiger partial charge >= 0.3 is 99.6 Å². The third-order valence-corrected chi connectivity index (χ3v) is 7.23. The molecule has 0 heterocycles. The maximum absolute atomic E-state index is 13.5. The van der Waals surface area contributed by atoms with Crippen molar-refractivity contribution in [3.63, 3.8) is 0 Å². The molecule has 0 spiro atoms. The molecule has 0 aliphatic carbocycles. The fourth-order valence-electron chi connectivity index (χ4n) is 3.22. The van der Waals surface area contributed by atoms with E-state index in [0.717, 1.165) is 30.3 Å². The molecular weight excluding hydrogens is 1400 g/mol. The number of nitrogens with zero attached hydrogens (tertiary/aromatic N) is 2. The predicted molar refractivity (Wildman–Crippen MR) is 230 cm³/mol. The second-order valence-corrected chi connectivity index (χ2v) is 21.1. The van der Waals surface area contributed by atoms with Gasteiger partial charge in [-0.2, -0.15) is 39.5 Å². The summed E-state index contributed by atoms with van der Waals surface area (Å²) < 4.78 is 288. The zero-order valence-corrected chi connectivity index (χ0v) is 43.6. The molecule has 3 rings (SSSR count). The number of nitrogens with two attached hydrogens (primary N) is 1. The van der Waals surface area contributed by atoms with E-state index in [4.69, 9.17) is 5.73 Å². The summed E-state index contributed by atoms with van der Waals surface area (Å²) in [6.45, 7) is 6.01. The molecule has 0 amide bonds. The summed E-state index contributed by atoms with van der Waals surface area (Å²) in [5.74, 6) is 0. The van der Waals surface area contributed by atoms with E-state index in [9.17, 15) is 119 Å². The number of benzene rings is 3. The summed E-state index contributed by atoms with van der Waals surface area (Å²) in [5.41, 5.74) is -1.19. The number of para-hydroxylation sites is 1. The number of anilines is 1. The van der Waals surface area contributed by atoms with Crippen molar-refractivity contribution in [2.75, 3.05) is 5.73 Å². The van der Waals surface area contributed by atoms with Crippen molar-refractivity contribution in [3.8, 4) is 0 Å². The zero-order chi connectivity index (χ0) is 56.8. The van der Waals surface area contributed by atoms with E-state index in [2.05, 4.69) is 11.6 Å². The van der Waals surface area contributed by atoms with Gasteiger partial charge in [0.1, 0.15) is 6.92 Å². The third kappa shape index (κ3) is 44.4. The first-order valence-corrected chi connectivity index (χ1v) is 26.7. The van der Waals surface area contributed by atoms with Gasteiger partial charge in [0.25, 0.3) is 16.5 Å². The van der Waals surface area contributed by atoms with Crippen molar-refractivity contribution in [3.05, 3.63) is 115 Å². The molecular formula is C36H47Cl3F27N3O4Sb2. The van der Waals surface area contributed by atoms with E-state index in [1.54, 1.807) is 25.1 Å². The second-order valence-electron chi connectivity index (χ2n) is 13.1. The standard InChI is InChI=1S/C10H9F4NO2.C10H11F4N.C7H7NO2.C3H3ClF4.C3H3F4.3CH4.2ClH.11FH.2Sb/c1-6-5-7(3-4-8(6)15(16)17)9(2,11)10(12,13)14;1-6-5-7(3-4-8(6)15)9(2,11)10(12,13)14;1-6-4-2-3-5-7(6)8(9)10;1-2(4,5)3(6,7)8;1-2(4)3(5,6)7;;;;;;;;;;;;;;;;;;/h3-5H,1-2H3;3-5H,15H2,1-2H3;2-5H,1H3;1H3;1H3;3*1H4;13*1H;;/q;;;;+1;;;;;;;;;;;;;;;;;2*+5/p-11. The van der Waals surface area contributed by atoms with E-state index in [1.165, 1.54) is 26.0 Å².